The van der Waals surface area contributed by atoms with Crippen molar-refractivity contribution < 1.29 is 0 Å². The third-order valence-corrected chi connectivity index (χ3v) is 3.42. The lowest BCUT2D eigenvalue weighted by Gasteiger charge is -2.24. The van der Waals surface area contributed by atoms with Crippen LogP contribution in [0, 0.1) is 6.92 Å². The molecule has 2 rings (SSSR count). The van der Waals surface area contributed by atoms with Crippen molar-refractivity contribution in [2.24, 2.45) is 0 Å². The zero-order chi connectivity index (χ0) is 13.3. The first-order chi connectivity index (χ1) is 8.41. The number of H-pyrrole nitrogens is 1. The van der Waals surface area contributed by atoms with Gasteiger partial charge in [0.05, 0.1) is 0 Å². The standard InChI is InChI=1S/C15H20N2O/c1-10-7-12-8-11(9-15(2,3)16-4)5-6-13(12)17-14(10)18/h5-8,16H,9H2,1-4H3,(H,17,18). The molecule has 96 valence electrons. The topological polar surface area (TPSA) is 44.9 Å². The normalized spacial score (nSPS) is 12.0. The average Bonchev–Trinajstić information content (AvgIpc) is 2.31. The van der Waals surface area contributed by atoms with Gasteiger partial charge in [0.1, 0.15) is 0 Å². The number of fused-ring (bicyclic) bond motifs is 1. The Labute approximate surface area is 107 Å². The summed E-state index contributed by atoms with van der Waals surface area (Å²) in [6.07, 6.45) is 0.956. The van der Waals surface area contributed by atoms with Crippen molar-refractivity contribution in [1.29, 1.82) is 0 Å². The molecule has 0 atom stereocenters. The van der Waals surface area contributed by atoms with Crippen molar-refractivity contribution >= 4 is 10.9 Å². The molecule has 0 fully saturated rings. The van der Waals surface area contributed by atoms with E-state index in [1.807, 2.05) is 26.1 Å². The number of nitrogens with one attached hydrogen (secondary N) is 2. The predicted octanol–water partition coefficient (Wildman–Crippen LogP) is 2.38. The summed E-state index contributed by atoms with van der Waals surface area (Å²) in [5, 5.41) is 4.39. The molecule has 0 saturated heterocycles. The van der Waals surface area contributed by atoms with Crippen molar-refractivity contribution in [3.05, 3.63) is 45.7 Å². The Bertz CT molecular complexity index is 626. The van der Waals surface area contributed by atoms with Gasteiger partial charge in [-0.2, -0.15) is 0 Å². The van der Waals surface area contributed by atoms with E-state index >= 15 is 0 Å². The number of hydrogen-bond donors (Lipinski definition) is 2. The Morgan fingerprint density at radius 1 is 1.28 bits per heavy atom. The molecular weight excluding hydrogens is 224 g/mol. The summed E-state index contributed by atoms with van der Waals surface area (Å²) in [5.41, 5.74) is 2.99. The van der Waals surface area contributed by atoms with Crippen molar-refractivity contribution in [3.63, 3.8) is 0 Å². The minimum atomic E-state index is -0.00851. The maximum atomic E-state index is 11.5. The smallest absolute Gasteiger partial charge is 0.251 e. The number of hydrogen-bond acceptors (Lipinski definition) is 2. The quantitative estimate of drug-likeness (QED) is 0.870. The predicted molar refractivity (Wildman–Crippen MR) is 76.1 cm³/mol. The van der Waals surface area contributed by atoms with Crippen LogP contribution < -0.4 is 10.9 Å². The van der Waals surface area contributed by atoms with Gasteiger partial charge in [-0.15, -0.1) is 0 Å². The highest BCUT2D eigenvalue weighted by Gasteiger charge is 2.15. The molecular formula is C15H20N2O. The summed E-state index contributed by atoms with van der Waals surface area (Å²) < 4.78 is 0. The Morgan fingerprint density at radius 2 is 2.00 bits per heavy atom. The summed E-state index contributed by atoms with van der Waals surface area (Å²) in [6.45, 7) is 6.19. The number of pyridine rings is 1. The van der Waals surface area contributed by atoms with Crippen LogP contribution in [0.15, 0.2) is 29.1 Å². The molecule has 2 N–H and O–H groups in total. The third-order valence-electron chi connectivity index (χ3n) is 3.42. The first-order valence-corrected chi connectivity index (χ1v) is 6.23. The number of likely N-dealkylation sites (N-methyl/N-ethyl adjacent to an activating group) is 1. The molecule has 0 amide bonds. The maximum Gasteiger partial charge on any atom is 0.251 e. The van der Waals surface area contributed by atoms with Crippen LogP contribution in [0.2, 0.25) is 0 Å². The molecule has 1 heterocycles. The lowest BCUT2D eigenvalue weighted by Crippen LogP contribution is -2.38. The van der Waals surface area contributed by atoms with Gasteiger partial charge < -0.3 is 10.3 Å². The van der Waals surface area contributed by atoms with Gasteiger partial charge in [-0.3, -0.25) is 4.79 Å². The molecule has 0 aliphatic rings. The second kappa shape index (κ2) is 4.58. The van der Waals surface area contributed by atoms with Crippen LogP contribution in [0.3, 0.4) is 0 Å². The van der Waals surface area contributed by atoms with Crippen molar-refractivity contribution in [2.75, 3.05) is 7.05 Å². The van der Waals surface area contributed by atoms with Gasteiger partial charge in [-0.05, 0) is 63.4 Å². The van der Waals surface area contributed by atoms with E-state index in [-0.39, 0.29) is 11.1 Å². The zero-order valence-corrected chi connectivity index (χ0v) is 11.4. The van der Waals surface area contributed by atoms with E-state index in [1.165, 1.54) is 5.56 Å². The highest BCUT2D eigenvalue weighted by atomic mass is 16.1. The lowest BCUT2D eigenvalue weighted by molar-refractivity contribution is 0.422. The monoisotopic (exact) mass is 244 g/mol. The summed E-state index contributed by atoms with van der Waals surface area (Å²) in [7, 11) is 1.97. The number of aryl methyl sites for hydroxylation is 1. The highest BCUT2D eigenvalue weighted by molar-refractivity contribution is 5.79. The van der Waals surface area contributed by atoms with E-state index in [0.29, 0.717) is 0 Å². The fourth-order valence-electron chi connectivity index (χ4n) is 2.07. The van der Waals surface area contributed by atoms with Gasteiger partial charge in [0.15, 0.2) is 0 Å². The molecule has 18 heavy (non-hydrogen) atoms. The average molecular weight is 244 g/mol. The van der Waals surface area contributed by atoms with Crippen LogP contribution in [-0.4, -0.2) is 17.6 Å². The molecule has 0 aliphatic carbocycles. The molecule has 3 nitrogen and oxygen atoms in total. The Morgan fingerprint density at radius 3 is 2.67 bits per heavy atom. The molecule has 1 aromatic heterocycles. The molecule has 1 aromatic carbocycles. The zero-order valence-electron chi connectivity index (χ0n) is 11.4. The number of benzene rings is 1. The fraction of sp³-hybridized carbons (Fsp3) is 0.400. The molecule has 0 saturated carbocycles. The van der Waals surface area contributed by atoms with Crippen LogP contribution in [0.5, 0.6) is 0 Å². The van der Waals surface area contributed by atoms with E-state index in [9.17, 15) is 4.79 Å². The van der Waals surface area contributed by atoms with Gasteiger partial charge in [-0.1, -0.05) is 6.07 Å². The maximum absolute atomic E-state index is 11.5. The minimum Gasteiger partial charge on any atom is -0.322 e. The molecule has 0 aliphatic heterocycles. The second-order valence-corrected chi connectivity index (χ2v) is 5.51. The summed E-state index contributed by atoms with van der Waals surface area (Å²) in [5.74, 6) is 0. The van der Waals surface area contributed by atoms with E-state index in [4.69, 9.17) is 0 Å². The molecule has 2 aromatic rings. The molecule has 0 unspecified atom stereocenters. The van der Waals surface area contributed by atoms with Gasteiger partial charge in [0.2, 0.25) is 0 Å². The van der Waals surface area contributed by atoms with Gasteiger partial charge in [0, 0.05) is 16.6 Å². The molecule has 3 heteroatoms. The number of aromatic nitrogens is 1. The van der Waals surface area contributed by atoms with Gasteiger partial charge in [-0.25, -0.2) is 0 Å². The van der Waals surface area contributed by atoms with E-state index < -0.39 is 0 Å². The van der Waals surface area contributed by atoms with E-state index in [0.717, 1.165) is 22.9 Å². The summed E-state index contributed by atoms with van der Waals surface area (Å²) in [6, 6.07) is 8.16. The number of aromatic amines is 1. The van der Waals surface area contributed by atoms with Crippen LogP contribution in [0.4, 0.5) is 0 Å². The third kappa shape index (κ3) is 2.62. The summed E-state index contributed by atoms with van der Waals surface area (Å²) in [4.78, 5) is 14.4. The minimum absolute atomic E-state index is 0.00851. The van der Waals surface area contributed by atoms with Crippen molar-refractivity contribution in [3.8, 4) is 0 Å². The van der Waals surface area contributed by atoms with Gasteiger partial charge >= 0.3 is 0 Å². The van der Waals surface area contributed by atoms with Crippen molar-refractivity contribution in [2.45, 2.75) is 32.7 Å². The first-order valence-electron chi connectivity index (χ1n) is 6.23. The van der Waals surface area contributed by atoms with Crippen molar-refractivity contribution in [1.82, 2.24) is 10.3 Å². The largest absolute Gasteiger partial charge is 0.322 e. The number of rotatable bonds is 3. The first kappa shape index (κ1) is 12.8. The van der Waals surface area contributed by atoms with Crippen LogP contribution in [-0.2, 0) is 6.42 Å². The van der Waals surface area contributed by atoms with Gasteiger partial charge in [0.25, 0.3) is 5.56 Å². The Balaban J connectivity index is 2.44. The lowest BCUT2D eigenvalue weighted by atomic mass is 9.94. The summed E-state index contributed by atoms with van der Waals surface area (Å²) >= 11 is 0. The van der Waals surface area contributed by atoms with E-state index in [2.05, 4.69) is 36.3 Å². The SMILES string of the molecule is CNC(C)(C)Cc1ccc2[nH]c(=O)c(C)cc2c1. The molecule has 0 bridgehead atoms. The Kier molecular flexibility index (Phi) is 3.26. The van der Waals surface area contributed by atoms with Crippen LogP contribution >= 0.6 is 0 Å². The van der Waals surface area contributed by atoms with E-state index in [1.54, 1.807) is 0 Å². The fourth-order valence-corrected chi connectivity index (χ4v) is 2.07. The van der Waals surface area contributed by atoms with Crippen LogP contribution in [0.25, 0.3) is 10.9 Å². The second-order valence-electron chi connectivity index (χ2n) is 5.51. The highest BCUT2D eigenvalue weighted by Crippen LogP contribution is 2.17. The molecule has 0 spiro atoms. The molecule has 0 radical (unpaired) electrons. The Hall–Kier alpha value is -1.61. The van der Waals surface area contributed by atoms with Crippen LogP contribution in [0.1, 0.15) is 25.0 Å².